The summed E-state index contributed by atoms with van der Waals surface area (Å²) in [5, 5.41) is 0. The molecule has 306 valence electrons. The lowest BCUT2D eigenvalue weighted by Crippen LogP contribution is -2.70. The smallest absolute Gasteiger partial charge is 0.287 e. The Kier molecular flexibility index (Phi) is 13.9. The van der Waals surface area contributed by atoms with Crippen LogP contribution in [0.15, 0.2) is 12.2 Å². The highest BCUT2D eigenvalue weighted by atomic mass is 31.2. The summed E-state index contributed by atoms with van der Waals surface area (Å²) in [6.07, 6.45) is -18.5. The van der Waals surface area contributed by atoms with E-state index in [4.69, 9.17) is 0 Å². The largest absolute Gasteiger partial charge is 0.474 e. The first kappa shape index (κ1) is 49.1. The zero-order valence-electron chi connectivity index (χ0n) is 24.2. The van der Waals surface area contributed by atoms with Crippen molar-refractivity contribution in [2.75, 3.05) is 19.8 Å². The van der Waals surface area contributed by atoms with Gasteiger partial charge in [-0.15, -0.1) is 0 Å². The second-order valence-corrected chi connectivity index (χ2v) is 11.3. The average Bonchev–Trinajstić information content (AvgIpc) is 2.93. The zero-order valence-corrected chi connectivity index (χ0v) is 25.1. The topological polar surface area (TPSA) is 44.8 Å². The Morgan fingerprint density at radius 1 is 0.431 bits per heavy atom. The van der Waals surface area contributed by atoms with Crippen molar-refractivity contribution in [2.45, 2.75) is 98.0 Å². The van der Waals surface area contributed by atoms with Gasteiger partial charge in [0.2, 0.25) is 0 Å². The second-order valence-electron chi connectivity index (χ2n) is 9.60. The van der Waals surface area contributed by atoms with Crippen molar-refractivity contribution in [3.63, 3.8) is 0 Å². The van der Waals surface area contributed by atoms with Gasteiger partial charge < -0.3 is 0 Å². The number of halogens is 25. The van der Waals surface area contributed by atoms with Crippen LogP contribution in [-0.4, -0.2) is 91.1 Å². The highest BCUT2D eigenvalue weighted by molar-refractivity contribution is 7.48. The summed E-state index contributed by atoms with van der Waals surface area (Å²) in [4.78, 5) is 0. The maximum absolute atomic E-state index is 14.0. The van der Waals surface area contributed by atoms with Crippen LogP contribution in [0.3, 0.4) is 0 Å². The predicted molar refractivity (Wildman–Crippen MR) is 116 cm³/mol. The van der Waals surface area contributed by atoms with Gasteiger partial charge in [0.05, 0.1) is 19.8 Å². The fourth-order valence-corrected chi connectivity index (χ4v) is 4.30. The minimum Gasteiger partial charge on any atom is -0.287 e. The molecule has 0 aliphatic rings. The van der Waals surface area contributed by atoms with Crippen molar-refractivity contribution in [2.24, 2.45) is 0 Å². The van der Waals surface area contributed by atoms with Gasteiger partial charge in [0.1, 0.15) is 0 Å². The molecular formula is C21H18F25O4P. The van der Waals surface area contributed by atoms with E-state index >= 15 is 0 Å². The Balaban J connectivity index is 6.64. The Hall–Kier alpha value is -1.90. The van der Waals surface area contributed by atoms with Crippen LogP contribution in [0, 0.1) is 0 Å². The standard InChI is InChI=1S/C21H18F25O4P/c1-3-48-51(47,49-4-2)50-9-5-6-10(22,23)13(28,29)16(34,35)17(36,37)14(30,31)11(24,25)7-8-12(26,27)15(32,33)18(38,39)19(40,41)20(42,43)21(44,45)46/h7-8H,3-6,9H2,1-2H3. The molecule has 0 unspecified atom stereocenters. The van der Waals surface area contributed by atoms with E-state index in [0.29, 0.717) is 0 Å². The van der Waals surface area contributed by atoms with Crippen LogP contribution in [0.4, 0.5) is 110 Å². The third kappa shape index (κ3) is 8.13. The number of alkyl halides is 25. The minimum absolute atomic E-state index is 0.496. The van der Waals surface area contributed by atoms with Crippen LogP contribution >= 0.6 is 7.82 Å². The molecule has 4 nitrogen and oxygen atoms in total. The quantitative estimate of drug-likeness (QED) is 0.0530. The molecule has 0 aromatic rings. The van der Waals surface area contributed by atoms with E-state index in [2.05, 4.69) is 13.6 Å². The molecule has 0 fully saturated rings. The van der Waals surface area contributed by atoms with Gasteiger partial charge in [-0.1, -0.05) is 0 Å². The molecule has 0 rings (SSSR count). The number of rotatable bonds is 20. The van der Waals surface area contributed by atoms with Crippen molar-refractivity contribution in [1.82, 2.24) is 0 Å². The van der Waals surface area contributed by atoms with Gasteiger partial charge in [-0.3, -0.25) is 13.6 Å². The van der Waals surface area contributed by atoms with E-state index in [1.165, 1.54) is 0 Å². The lowest BCUT2D eigenvalue weighted by atomic mass is 9.89. The van der Waals surface area contributed by atoms with Crippen molar-refractivity contribution in [1.29, 1.82) is 0 Å². The van der Waals surface area contributed by atoms with Crippen molar-refractivity contribution >= 4 is 7.82 Å². The van der Waals surface area contributed by atoms with Crippen LogP contribution in [0.1, 0.15) is 26.7 Å². The van der Waals surface area contributed by atoms with E-state index in [1.54, 1.807) is 0 Å². The first-order chi connectivity index (χ1) is 22.0. The van der Waals surface area contributed by atoms with E-state index in [1.807, 2.05) is 0 Å². The van der Waals surface area contributed by atoms with Gasteiger partial charge in [-0.05, 0) is 32.4 Å². The maximum atomic E-state index is 14.0. The fourth-order valence-electron chi connectivity index (χ4n) is 3.09. The second kappa shape index (κ2) is 14.4. The van der Waals surface area contributed by atoms with Crippen molar-refractivity contribution in [3.05, 3.63) is 12.2 Å². The maximum Gasteiger partial charge on any atom is 0.474 e. The molecular weight excluding hydrogens is 822 g/mol. The van der Waals surface area contributed by atoms with E-state index in [9.17, 15) is 114 Å². The van der Waals surface area contributed by atoms with Crippen molar-refractivity contribution < 1.29 is 128 Å². The Morgan fingerprint density at radius 2 is 0.725 bits per heavy atom. The van der Waals surface area contributed by atoms with Gasteiger partial charge in [-0.2, -0.15) is 110 Å². The number of allylic oxidation sites excluding steroid dienone is 2. The van der Waals surface area contributed by atoms with Gasteiger partial charge >= 0.3 is 79.1 Å². The monoisotopic (exact) mass is 840 g/mol. The summed E-state index contributed by atoms with van der Waals surface area (Å²) in [6.45, 7) is -0.224. The lowest BCUT2D eigenvalue weighted by molar-refractivity contribution is -0.436. The molecule has 0 spiro atoms. The molecule has 0 aliphatic carbocycles. The highest BCUT2D eigenvalue weighted by Gasteiger charge is 2.92. The number of hydrogen-bond acceptors (Lipinski definition) is 4. The Morgan fingerprint density at radius 3 is 1.02 bits per heavy atom. The van der Waals surface area contributed by atoms with Crippen molar-refractivity contribution in [3.8, 4) is 0 Å². The molecule has 0 saturated heterocycles. The van der Waals surface area contributed by atoms with Gasteiger partial charge in [0, 0.05) is 6.42 Å². The normalized spacial score (nSPS) is 16.4. The molecule has 0 aliphatic heterocycles. The number of hydrogen-bond donors (Lipinski definition) is 0. The first-order valence-electron chi connectivity index (χ1n) is 12.5. The molecule has 0 bridgehead atoms. The van der Waals surface area contributed by atoms with Crippen LogP contribution in [-0.2, 0) is 18.1 Å². The van der Waals surface area contributed by atoms with E-state index in [0.717, 1.165) is 13.8 Å². The molecule has 0 saturated carbocycles. The fraction of sp³-hybridized carbons (Fsp3) is 0.905. The Bertz CT molecular complexity index is 1250. The van der Waals surface area contributed by atoms with Crippen LogP contribution in [0.25, 0.3) is 0 Å². The third-order valence-corrected chi connectivity index (χ3v) is 7.63. The molecule has 0 aromatic heterocycles. The van der Waals surface area contributed by atoms with Gasteiger partial charge in [0.25, 0.3) is 0 Å². The van der Waals surface area contributed by atoms with E-state index < -0.39 is 124 Å². The highest BCUT2D eigenvalue weighted by Crippen LogP contribution is 2.63. The van der Waals surface area contributed by atoms with Crippen LogP contribution in [0.5, 0.6) is 0 Å². The average molecular weight is 840 g/mol. The van der Waals surface area contributed by atoms with Crippen LogP contribution < -0.4 is 0 Å². The minimum atomic E-state index is -8.75. The molecule has 0 amide bonds. The van der Waals surface area contributed by atoms with Gasteiger partial charge in [-0.25, -0.2) is 4.57 Å². The summed E-state index contributed by atoms with van der Waals surface area (Å²) < 4.78 is 362. The third-order valence-electron chi connectivity index (χ3n) is 5.98. The number of phosphoric acid groups is 1. The summed E-state index contributed by atoms with van der Waals surface area (Å²) in [5.41, 5.74) is 0. The molecule has 51 heavy (non-hydrogen) atoms. The zero-order chi connectivity index (χ0) is 41.6. The summed E-state index contributed by atoms with van der Waals surface area (Å²) in [5.74, 6) is -90.1. The molecule has 0 N–H and O–H groups in total. The summed E-state index contributed by atoms with van der Waals surface area (Å²) in [7, 11) is -4.65. The molecule has 0 atom stereocenters. The van der Waals surface area contributed by atoms with Crippen LogP contribution in [0.2, 0.25) is 0 Å². The van der Waals surface area contributed by atoms with Gasteiger partial charge in [0.15, 0.2) is 0 Å². The molecule has 0 radical (unpaired) electrons. The molecule has 0 aromatic carbocycles. The SMILES string of the molecule is CCOP(=O)(OCC)OCCCC(F)(F)C(F)(F)C(F)(F)C(F)(F)C(F)(F)C(F)(F)C=CC(F)(F)C(F)(F)C(F)(F)C(F)(F)C(F)(F)C(F)(F)F. The first-order valence-corrected chi connectivity index (χ1v) is 14.0. The number of phosphoric ester groups is 1. The Labute approximate surface area is 266 Å². The lowest BCUT2D eigenvalue weighted by Gasteiger charge is -2.41. The molecule has 30 heteroatoms. The predicted octanol–water partition coefficient (Wildman–Crippen LogP) is 11.1. The summed E-state index contributed by atoms with van der Waals surface area (Å²) in [6, 6.07) is 0. The van der Waals surface area contributed by atoms with E-state index in [-0.39, 0.29) is 0 Å². The summed E-state index contributed by atoms with van der Waals surface area (Å²) >= 11 is 0. The molecule has 0 heterocycles.